The van der Waals surface area contributed by atoms with Crippen LogP contribution in [0.25, 0.3) is 0 Å². The van der Waals surface area contributed by atoms with Gasteiger partial charge in [-0.3, -0.25) is 5.41 Å². The molecule has 1 aromatic rings. The Bertz CT molecular complexity index is 661. The van der Waals surface area contributed by atoms with Gasteiger partial charge < -0.3 is 10.6 Å². The molecule has 1 unspecified atom stereocenters. The van der Waals surface area contributed by atoms with E-state index in [1.165, 1.54) is 18.4 Å². The van der Waals surface area contributed by atoms with E-state index in [4.69, 9.17) is 10.7 Å². The van der Waals surface area contributed by atoms with Crippen molar-refractivity contribution in [3.8, 4) is 6.07 Å². The van der Waals surface area contributed by atoms with Crippen molar-refractivity contribution in [3.05, 3.63) is 59.7 Å². The monoisotopic (exact) mass is 320 g/mol. The summed E-state index contributed by atoms with van der Waals surface area (Å²) in [5.41, 5.74) is 2.14. The first-order valence-corrected chi connectivity index (χ1v) is 8.69. The summed E-state index contributed by atoms with van der Waals surface area (Å²) in [6, 6.07) is 13.4. The summed E-state index contributed by atoms with van der Waals surface area (Å²) < 4.78 is 0. The number of rotatable bonds is 3. The van der Waals surface area contributed by atoms with Crippen molar-refractivity contribution in [3.63, 3.8) is 0 Å². The fraction of sp³-hybridized carbons (Fsp3) is 0.400. The van der Waals surface area contributed by atoms with Crippen LogP contribution < -0.4 is 10.6 Å². The lowest BCUT2D eigenvalue weighted by Crippen LogP contribution is -2.47. The maximum atomic E-state index is 8.83. The molecule has 3 N–H and O–H groups in total. The van der Waals surface area contributed by atoms with Gasteiger partial charge in [0.05, 0.1) is 12.1 Å². The third-order valence-corrected chi connectivity index (χ3v) is 4.91. The van der Waals surface area contributed by atoms with E-state index < -0.39 is 0 Å². The predicted molar refractivity (Wildman–Crippen MR) is 96.7 cm³/mol. The predicted octanol–water partition coefficient (Wildman–Crippen LogP) is 3.61. The second-order valence-electron chi connectivity index (χ2n) is 6.60. The third-order valence-electron chi connectivity index (χ3n) is 4.91. The highest BCUT2D eigenvalue weighted by Crippen LogP contribution is 2.32. The molecule has 3 rings (SSSR count). The van der Waals surface area contributed by atoms with E-state index in [0.29, 0.717) is 23.5 Å². The number of allylic oxidation sites excluding steroid dienone is 2. The van der Waals surface area contributed by atoms with Gasteiger partial charge in [-0.05, 0) is 49.7 Å². The molecule has 0 heterocycles. The Balaban J connectivity index is 1.42. The lowest BCUT2D eigenvalue weighted by atomic mass is 9.82. The van der Waals surface area contributed by atoms with Crippen LogP contribution in [0.3, 0.4) is 0 Å². The van der Waals surface area contributed by atoms with Gasteiger partial charge in [0.2, 0.25) is 0 Å². The zero-order valence-corrected chi connectivity index (χ0v) is 13.8. The molecule has 0 aliphatic heterocycles. The smallest absolute Gasteiger partial charge is 0.189 e. The second kappa shape index (κ2) is 7.83. The van der Waals surface area contributed by atoms with E-state index >= 15 is 0 Å². The van der Waals surface area contributed by atoms with E-state index in [0.717, 1.165) is 19.3 Å². The van der Waals surface area contributed by atoms with Crippen LogP contribution in [0.5, 0.6) is 0 Å². The first-order chi connectivity index (χ1) is 11.7. The molecule has 0 bridgehead atoms. The van der Waals surface area contributed by atoms with E-state index in [9.17, 15) is 0 Å². The van der Waals surface area contributed by atoms with Crippen molar-refractivity contribution in [2.75, 3.05) is 0 Å². The molecule has 1 atom stereocenters. The number of nitriles is 1. The van der Waals surface area contributed by atoms with E-state index in [1.807, 2.05) is 18.2 Å². The summed E-state index contributed by atoms with van der Waals surface area (Å²) in [4.78, 5) is 0. The van der Waals surface area contributed by atoms with Crippen molar-refractivity contribution in [2.24, 2.45) is 0 Å². The highest BCUT2D eigenvalue weighted by atomic mass is 15.2. The van der Waals surface area contributed by atoms with Crippen molar-refractivity contribution in [1.82, 2.24) is 10.6 Å². The molecule has 4 heteroatoms. The van der Waals surface area contributed by atoms with Crippen molar-refractivity contribution in [2.45, 2.75) is 50.1 Å². The Labute approximate surface area is 143 Å². The molecule has 0 amide bonds. The lowest BCUT2D eigenvalue weighted by molar-refractivity contribution is 0.370. The minimum absolute atomic E-state index is 0.0998. The third kappa shape index (κ3) is 4.26. The van der Waals surface area contributed by atoms with Gasteiger partial charge in [-0.15, -0.1) is 0 Å². The van der Waals surface area contributed by atoms with Gasteiger partial charge in [0.1, 0.15) is 0 Å². The Morgan fingerprint density at radius 3 is 2.46 bits per heavy atom. The highest BCUT2D eigenvalue weighted by Gasteiger charge is 2.23. The average Bonchev–Trinajstić information content (AvgIpc) is 2.64. The fourth-order valence-electron chi connectivity index (χ4n) is 3.54. The molecule has 1 aromatic carbocycles. The first kappa shape index (κ1) is 16.3. The van der Waals surface area contributed by atoms with Gasteiger partial charge in [0, 0.05) is 11.6 Å². The Morgan fingerprint density at radius 2 is 1.83 bits per heavy atom. The normalized spacial score (nSPS) is 26.1. The van der Waals surface area contributed by atoms with Crippen molar-refractivity contribution >= 4 is 5.96 Å². The molecular formula is C20H24N4. The maximum Gasteiger partial charge on any atom is 0.189 e. The molecule has 2 aliphatic carbocycles. The number of nitrogens with zero attached hydrogens (tertiary/aromatic N) is 1. The van der Waals surface area contributed by atoms with Gasteiger partial charge in [-0.2, -0.15) is 5.26 Å². The minimum atomic E-state index is 0.0998. The number of hydrogen-bond donors (Lipinski definition) is 3. The summed E-state index contributed by atoms with van der Waals surface area (Å²) in [5, 5.41) is 23.5. The molecule has 1 saturated carbocycles. The molecule has 4 nitrogen and oxygen atoms in total. The van der Waals surface area contributed by atoms with Crippen LogP contribution in [-0.2, 0) is 0 Å². The summed E-state index contributed by atoms with van der Waals surface area (Å²) in [5.74, 6) is 1.05. The van der Waals surface area contributed by atoms with Gasteiger partial charge >= 0.3 is 0 Å². The van der Waals surface area contributed by atoms with Crippen molar-refractivity contribution < 1.29 is 0 Å². The largest absolute Gasteiger partial charge is 0.354 e. The topological polar surface area (TPSA) is 71.7 Å². The molecule has 124 valence electrons. The number of nitrogens with one attached hydrogen (secondary N) is 3. The van der Waals surface area contributed by atoms with Crippen LogP contribution in [0.2, 0.25) is 0 Å². The van der Waals surface area contributed by atoms with Crippen LogP contribution in [0.1, 0.15) is 43.6 Å². The highest BCUT2D eigenvalue weighted by molar-refractivity contribution is 5.77. The summed E-state index contributed by atoms with van der Waals surface area (Å²) >= 11 is 0. The minimum Gasteiger partial charge on any atom is -0.354 e. The molecule has 0 radical (unpaired) electrons. The average molecular weight is 320 g/mol. The molecule has 2 aliphatic rings. The van der Waals surface area contributed by atoms with Gasteiger partial charge in [0.15, 0.2) is 5.96 Å². The zero-order chi connectivity index (χ0) is 16.8. The first-order valence-electron chi connectivity index (χ1n) is 8.69. The number of benzene rings is 1. The van der Waals surface area contributed by atoms with Gasteiger partial charge in [-0.25, -0.2) is 0 Å². The van der Waals surface area contributed by atoms with Crippen LogP contribution >= 0.6 is 0 Å². The quantitative estimate of drug-likeness (QED) is 0.588. The Morgan fingerprint density at radius 1 is 1.08 bits per heavy atom. The lowest BCUT2D eigenvalue weighted by Gasteiger charge is -2.31. The van der Waals surface area contributed by atoms with Crippen LogP contribution in [-0.4, -0.2) is 18.0 Å². The molecule has 0 aromatic heterocycles. The molecule has 24 heavy (non-hydrogen) atoms. The molecule has 1 fully saturated rings. The molecule has 0 spiro atoms. The van der Waals surface area contributed by atoms with Crippen LogP contribution in [0.15, 0.2) is 54.1 Å². The zero-order valence-electron chi connectivity index (χ0n) is 13.8. The molecular weight excluding hydrogens is 296 g/mol. The van der Waals surface area contributed by atoms with E-state index in [1.54, 1.807) is 0 Å². The summed E-state index contributed by atoms with van der Waals surface area (Å²) in [6.45, 7) is 0. The summed E-state index contributed by atoms with van der Waals surface area (Å²) in [7, 11) is 0. The fourth-order valence-corrected chi connectivity index (χ4v) is 3.54. The summed E-state index contributed by atoms with van der Waals surface area (Å²) in [6.07, 6.45) is 11.0. The van der Waals surface area contributed by atoms with Crippen molar-refractivity contribution in [1.29, 1.82) is 10.7 Å². The Hall–Kier alpha value is -2.54. The van der Waals surface area contributed by atoms with Crippen LogP contribution in [0, 0.1) is 16.7 Å². The molecule has 0 saturated heterocycles. The van der Waals surface area contributed by atoms with Gasteiger partial charge in [-0.1, -0.05) is 42.5 Å². The van der Waals surface area contributed by atoms with E-state index in [2.05, 4.69) is 47.0 Å². The van der Waals surface area contributed by atoms with Gasteiger partial charge in [0.25, 0.3) is 0 Å². The maximum absolute atomic E-state index is 8.83. The SMILES string of the molecule is N#CC1=CCC(NC(=N)NC2CCC(c3ccccc3)CC2)C=C1. The number of guanidine groups is 1. The second-order valence-corrected chi connectivity index (χ2v) is 6.60. The van der Waals surface area contributed by atoms with Crippen LogP contribution in [0.4, 0.5) is 0 Å². The number of hydrogen-bond acceptors (Lipinski definition) is 2. The van der Waals surface area contributed by atoms with E-state index in [-0.39, 0.29) is 6.04 Å². The Kier molecular flexibility index (Phi) is 5.32. The standard InChI is InChI=1S/C20H24N4/c21-14-15-6-10-18(11-7-15)23-20(22)24-19-12-8-17(9-13-19)16-4-2-1-3-5-16/h1-7,10,17-19H,8-9,11-13H2,(H3,22,23,24).